The first-order valence-electron chi connectivity index (χ1n) is 9.40. The molecule has 150 valence electrons. The summed E-state index contributed by atoms with van der Waals surface area (Å²) in [5.74, 6) is 0.0778. The molecule has 0 unspecified atom stereocenters. The molecule has 0 saturated heterocycles. The number of carbonyl (C=O) groups excluding carboxylic acids is 1. The molecule has 6 heteroatoms. The molecule has 0 aromatic heterocycles. The summed E-state index contributed by atoms with van der Waals surface area (Å²) < 4.78 is 10.6. The maximum Gasteiger partial charge on any atom is 0.344 e. The number of aliphatic hydroxyl groups is 1. The minimum atomic E-state index is -0.585. The van der Waals surface area contributed by atoms with Crippen molar-refractivity contribution in [2.75, 3.05) is 13.2 Å². The van der Waals surface area contributed by atoms with Crippen molar-refractivity contribution in [3.05, 3.63) is 75.9 Å². The van der Waals surface area contributed by atoms with Gasteiger partial charge in [-0.1, -0.05) is 41.6 Å². The number of hydrogen-bond donors (Lipinski definition) is 1. The molecule has 0 spiro atoms. The minimum Gasteiger partial charge on any atom is -0.506 e. The van der Waals surface area contributed by atoms with Crippen LogP contribution < -0.4 is 4.74 Å². The molecule has 3 rings (SSSR count). The molecule has 0 fully saturated rings. The second kappa shape index (κ2) is 9.47. The molecule has 0 amide bonds. The Balaban J connectivity index is 1.96. The van der Waals surface area contributed by atoms with E-state index in [-0.39, 0.29) is 17.9 Å². The minimum absolute atomic E-state index is 0.0922. The zero-order valence-corrected chi connectivity index (χ0v) is 17.5. The van der Waals surface area contributed by atoms with Gasteiger partial charge in [0.2, 0.25) is 0 Å². The van der Waals surface area contributed by atoms with Crippen LogP contribution in [0.15, 0.2) is 69.8 Å². The van der Waals surface area contributed by atoms with Crippen LogP contribution in [0.1, 0.15) is 25.0 Å². The van der Waals surface area contributed by atoms with E-state index >= 15 is 0 Å². The number of aliphatic hydroxyl groups excluding tert-OH is 1. The first-order chi connectivity index (χ1) is 14.0. The van der Waals surface area contributed by atoms with Crippen LogP contribution in [-0.2, 0) is 9.53 Å². The van der Waals surface area contributed by atoms with Gasteiger partial charge >= 0.3 is 5.97 Å². The predicted molar refractivity (Wildman–Crippen MR) is 118 cm³/mol. The van der Waals surface area contributed by atoms with Crippen LogP contribution in [0, 0.1) is 6.92 Å². The monoisotopic (exact) mass is 409 g/mol. The Labute approximate surface area is 174 Å². The molecule has 29 heavy (non-hydrogen) atoms. The van der Waals surface area contributed by atoms with Gasteiger partial charge < -0.3 is 14.6 Å². The molecule has 0 radical (unpaired) electrons. The fraction of sp³-hybridized carbons (Fsp3) is 0.217. The quantitative estimate of drug-likeness (QED) is 0.630. The summed E-state index contributed by atoms with van der Waals surface area (Å²) in [6, 6.07) is 15.2. The van der Waals surface area contributed by atoms with Crippen molar-refractivity contribution < 1.29 is 19.4 Å². The molecule has 1 heterocycles. The summed E-state index contributed by atoms with van der Waals surface area (Å²) in [6.07, 6.45) is 1.81. The van der Waals surface area contributed by atoms with Crippen molar-refractivity contribution in [1.29, 1.82) is 0 Å². The Hall–Kier alpha value is -2.99. The molecule has 0 bridgehead atoms. The lowest BCUT2D eigenvalue weighted by molar-refractivity contribution is -0.138. The molecule has 5 nitrogen and oxygen atoms in total. The van der Waals surface area contributed by atoms with Gasteiger partial charge in [-0.25, -0.2) is 9.79 Å². The van der Waals surface area contributed by atoms with Crippen LogP contribution in [0.5, 0.6) is 5.75 Å². The topological polar surface area (TPSA) is 68.1 Å². The van der Waals surface area contributed by atoms with Gasteiger partial charge in [0.25, 0.3) is 0 Å². The highest BCUT2D eigenvalue weighted by Crippen LogP contribution is 2.40. The maximum absolute atomic E-state index is 12.4. The zero-order valence-electron chi connectivity index (χ0n) is 16.6. The number of esters is 1. The van der Waals surface area contributed by atoms with Crippen LogP contribution >= 0.6 is 11.8 Å². The number of benzene rings is 2. The smallest absolute Gasteiger partial charge is 0.344 e. The average molecular weight is 410 g/mol. The Morgan fingerprint density at radius 1 is 1.07 bits per heavy atom. The molecule has 1 N–H and O–H groups in total. The van der Waals surface area contributed by atoms with Crippen LogP contribution in [0.3, 0.4) is 0 Å². The zero-order chi connectivity index (χ0) is 20.8. The molecule has 1 aliphatic heterocycles. The number of thioether (sulfide) groups is 1. The van der Waals surface area contributed by atoms with Gasteiger partial charge in [0.05, 0.1) is 23.8 Å². The summed E-state index contributed by atoms with van der Waals surface area (Å²) in [7, 11) is 0. The summed E-state index contributed by atoms with van der Waals surface area (Å²) >= 11 is 1.24. The molecule has 0 aliphatic carbocycles. The molecule has 1 aliphatic rings. The highest BCUT2D eigenvalue weighted by molar-refractivity contribution is 8.18. The van der Waals surface area contributed by atoms with Gasteiger partial charge in [0.1, 0.15) is 22.1 Å². The van der Waals surface area contributed by atoms with Crippen molar-refractivity contribution in [1.82, 2.24) is 0 Å². The van der Waals surface area contributed by atoms with Gasteiger partial charge in [0.15, 0.2) is 0 Å². The Morgan fingerprint density at radius 2 is 1.76 bits per heavy atom. The molecular weight excluding hydrogens is 386 g/mol. The third-order valence-electron chi connectivity index (χ3n) is 4.12. The van der Waals surface area contributed by atoms with E-state index < -0.39 is 5.97 Å². The van der Waals surface area contributed by atoms with Crippen molar-refractivity contribution in [3.8, 4) is 5.75 Å². The Bertz CT molecular complexity index is 973. The van der Waals surface area contributed by atoms with Gasteiger partial charge in [0, 0.05) is 0 Å². The van der Waals surface area contributed by atoms with E-state index in [0.29, 0.717) is 22.2 Å². The van der Waals surface area contributed by atoms with Crippen molar-refractivity contribution in [3.63, 3.8) is 0 Å². The van der Waals surface area contributed by atoms with E-state index in [9.17, 15) is 9.90 Å². The van der Waals surface area contributed by atoms with Crippen LogP contribution in [-0.4, -0.2) is 29.3 Å². The van der Waals surface area contributed by atoms with Crippen LogP contribution in [0.4, 0.5) is 5.69 Å². The van der Waals surface area contributed by atoms with E-state index in [0.717, 1.165) is 16.9 Å². The first-order valence-corrected chi connectivity index (χ1v) is 10.2. The van der Waals surface area contributed by atoms with Crippen molar-refractivity contribution in [2.45, 2.75) is 20.8 Å². The van der Waals surface area contributed by atoms with E-state index in [1.165, 1.54) is 11.8 Å². The summed E-state index contributed by atoms with van der Waals surface area (Å²) in [5.41, 5.74) is 2.79. The van der Waals surface area contributed by atoms with Gasteiger partial charge in [-0.3, -0.25) is 0 Å². The Kier molecular flexibility index (Phi) is 6.77. The fourth-order valence-electron chi connectivity index (χ4n) is 2.71. The third kappa shape index (κ3) is 5.09. The second-order valence-electron chi connectivity index (χ2n) is 6.31. The number of aliphatic imine (C=N–C) groups is 1. The standard InChI is InChI=1S/C23H23NO4S/c1-4-27-18-12-8-16(9-13-18)14-19-21(25)20(23(26)28-5-2)22(29-19)24-17-10-6-15(3)7-11-17/h6-14,25H,4-5H2,1-3H3/b19-14-,24-22?. The summed E-state index contributed by atoms with van der Waals surface area (Å²) in [6.45, 7) is 6.47. The highest BCUT2D eigenvalue weighted by atomic mass is 32.2. The second-order valence-corrected chi connectivity index (χ2v) is 7.34. The van der Waals surface area contributed by atoms with Gasteiger partial charge in [-0.15, -0.1) is 0 Å². The first kappa shape index (κ1) is 20.7. The number of rotatable bonds is 6. The number of nitrogens with zero attached hydrogens (tertiary/aromatic N) is 1. The maximum atomic E-state index is 12.4. The molecule has 0 atom stereocenters. The lowest BCUT2D eigenvalue weighted by Crippen LogP contribution is -2.12. The van der Waals surface area contributed by atoms with E-state index in [1.807, 2.05) is 68.5 Å². The fourth-order valence-corrected chi connectivity index (χ4v) is 3.74. The predicted octanol–water partition coefficient (Wildman–Crippen LogP) is 5.59. The van der Waals surface area contributed by atoms with E-state index in [2.05, 4.69) is 4.99 Å². The van der Waals surface area contributed by atoms with Gasteiger partial charge in [-0.2, -0.15) is 0 Å². The van der Waals surface area contributed by atoms with E-state index in [1.54, 1.807) is 6.92 Å². The third-order valence-corrected chi connectivity index (χ3v) is 5.14. The average Bonchev–Trinajstić information content (AvgIpc) is 3.00. The van der Waals surface area contributed by atoms with Crippen LogP contribution in [0.2, 0.25) is 0 Å². The Morgan fingerprint density at radius 3 is 2.38 bits per heavy atom. The lowest BCUT2D eigenvalue weighted by atomic mass is 10.1. The lowest BCUT2D eigenvalue weighted by Gasteiger charge is -2.04. The number of aryl methyl sites for hydroxylation is 1. The molecule has 0 saturated carbocycles. The van der Waals surface area contributed by atoms with Gasteiger partial charge in [-0.05, 0) is 56.7 Å². The largest absolute Gasteiger partial charge is 0.506 e. The van der Waals surface area contributed by atoms with Crippen LogP contribution in [0.25, 0.3) is 6.08 Å². The molecular formula is C23H23NO4S. The van der Waals surface area contributed by atoms with E-state index in [4.69, 9.17) is 9.47 Å². The molecule has 2 aromatic carbocycles. The number of hydrogen-bond acceptors (Lipinski definition) is 6. The normalized spacial score (nSPS) is 16.5. The SMILES string of the molecule is CCOC(=O)C1=C(O)/C(=C/c2ccc(OCC)cc2)SC1=Nc1ccc(C)cc1. The van der Waals surface area contributed by atoms with Crippen molar-refractivity contribution >= 4 is 34.5 Å². The number of carbonyl (C=O) groups is 1. The molecule has 2 aromatic rings. The van der Waals surface area contributed by atoms with Crippen molar-refractivity contribution in [2.24, 2.45) is 4.99 Å². The number of ether oxygens (including phenoxy) is 2. The summed E-state index contributed by atoms with van der Waals surface area (Å²) in [4.78, 5) is 17.6. The highest BCUT2D eigenvalue weighted by Gasteiger charge is 2.33. The summed E-state index contributed by atoms with van der Waals surface area (Å²) in [5, 5.41) is 11.1.